The largest absolute Gasteiger partial charge is 0.390 e. The number of carbonyl (C=O) groups is 1. The summed E-state index contributed by atoms with van der Waals surface area (Å²) in [6, 6.07) is 11.8. The van der Waals surface area contributed by atoms with Gasteiger partial charge in [-0.05, 0) is 48.5 Å². The Morgan fingerprint density at radius 2 is 2.04 bits per heavy atom. The zero-order chi connectivity index (χ0) is 17.9. The van der Waals surface area contributed by atoms with Crippen molar-refractivity contribution >= 4 is 17.4 Å². The Morgan fingerprint density at radius 1 is 1.23 bits per heavy atom. The van der Waals surface area contributed by atoms with Crippen LogP contribution < -0.4 is 10.6 Å². The Labute approximate surface area is 158 Å². The van der Waals surface area contributed by atoms with E-state index in [1.54, 1.807) is 11.3 Å². The lowest BCUT2D eigenvalue weighted by atomic mass is 10.1. The van der Waals surface area contributed by atoms with Crippen LogP contribution in [-0.2, 0) is 6.42 Å². The highest BCUT2D eigenvalue weighted by molar-refractivity contribution is 7.10. The summed E-state index contributed by atoms with van der Waals surface area (Å²) in [6.45, 7) is 2.75. The first kappa shape index (κ1) is 17.5. The third-order valence-corrected chi connectivity index (χ3v) is 6.37. The van der Waals surface area contributed by atoms with Crippen molar-refractivity contribution in [2.45, 2.75) is 37.5 Å². The monoisotopic (exact) mass is 371 g/mol. The third-order valence-electron chi connectivity index (χ3n) is 5.40. The highest BCUT2D eigenvalue weighted by atomic mass is 32.1. The molecule has 5 nitrogen and oxygen atoms in total. The van der Waals surface area contributed by atoms with Gasteiger partial charge in [0, 0.05) is 17.8 Å². The van der Waals surface area contributed by atoms with Crippen molar-refractivity contribution in [3.8, 4) is 0 Å². The number of hydrogen-bond acceptors (Lipinski definition) is 4. The fourth-order valence-corrected chi connectivity index (χ4v) is 4.93. The van der Waals surface area contributed by atoms with Crippen molar-refractivity contribution in [3.05, 3.63) is 57.8 Å². The fourth-order valence-electron chi connectivity index (χ4n) is 4.07. The quantitative estimate of drug-likeness (QED) is 0.757. The molecule has 3 unspecified atom stereocenters. The van der Waals surface area contributed by atoms with E-state index in [1.807, 2.05) is 24.3 Å². The van der Waals surface area contributed by atoms with Gasteiger partial charge < -0.3 is 15.7 Å². The van der Waals surface area contributed by atoms with E-state index in [2.05, 4.69) is 33.0 Å². The van der Waals surface area contributed by atoms with Crippen molar-refractivity contribution in [1.82, 2.24) is 15.5 Å². The second kappa shape index (κ2) is 7.78. The second-order valence-corrected chi connectivity index (χ2v) is 8.06. The molecule has 6 heteroatoms. The maximum absolute atomic E-state index is 12.5. The molecule has 4 rings (SSSR count). The predicted molar refractivity (Wildman–Crippen MR) is 103 cm³/mol. The summed E-state index contributed by atoms with van der Waals surface area (Å²) >= 11 is 1.74. The summed E-state index contributed by atoms with van der Waals surface area (Å²) in [6.07, 6.45) is 2.47. The van der Waals surface area contributed by atoms with Crippen molar-refractivity contribution < 1.29 is 9.90 Å². The van der Waals surface area contributed by atoms with Gasteiger partial charge in [0.25, 0.3) is 0 Å². The number of likely N-dealkylation sites (tertiary alicyclic amines) is 1. The molecule has 1 aromatic heterocycles. The number of nitrogens with zero attached hydrogens (tertiary/aromatic N) is 1. The molecule has 2 aliphatic rings. The summed E-state index contributed by atoms with van der Waals surface area (Å²) in [5.74, 6) is 0. The first-order chi connectivity index (χ1) is 12.7. The molecule has 0 saturated carbocycles. The van der Waals surface area contributed by atoms with E-state index >= 15 is 0 Å². The van der Waals surface area contributed by atoms with Gasteiger partial charge in [-0.15, -0.1) is 11.3 Å². The number of aliphatic hydroxyl groups is 1. The van der Waals surface area contributed by atoms with E-state index in [9.17, 15) is 9.90 Å². The number of fused-ring (bicyclic) bond motifs is 1. The number of benzene rings is 1. The SMILES string of the molecule is O=C(NCC(c1cccs1)N1CCCC1)NC1c2ccccc2CC1O. The van der Waals surface area contributed by atoms with Gasteiger partial charge in [0.2, 0.25) is 0 Å². The lowest BCUT2D eigenvalue weighted by Gasteiger charge is -2.27. The number of hydrogen-bond donors (Lipinski definition) is 3. The highest BCUT2D eigenvalue weighted by Gasteiger charge is 2.32. The zero-order valence-corrected chi connectivity index (χ0v) is 15.5. The summed E-state index contributed by atoms with van der Waals surface area (Å²) in [7, 11) is 0. The number of amides is 2. The van der Waals surface area contributed by atoms with Gasteiger partial charge in [-0.25, -0.2) is 4.79 Å². The van der Waals surface area contributed by atoms with Gasteiger partial charge >= 0.3 is 6.03 Å². The third kappa shape index (κ3) is 3.63. The molecule has 1 aliphatic heterocycles. The normalized spacial score (nSPS) is 23.6. The molecule has 0 radical (unpaired) electrons. The van der Waals surface area contributed by atoms with Crippen LogP contribution in [0, 0.1) is 0 Å². The molecule has 1 aliphatic carbocycles. The molecule has 2 aromatic rings. The standard InChI is InChI=1S/C20H25N3O2S/c24-17-12-14-6-1-2-7-15(14)19(17)22-20(25)21-13-16(18-8-5-11-26-18)23-9-3-4-10-23/h1-2,5-8,11,16-17,19,24H,3-4,9-10,12-13H2,(H2,21,22,25). The Bertz CT molecular complexity index is 743. The van der Waals surface area contributed by atoms with Gasteiger partial charge in [-0.3, -0.25) is 4.90 Å². The van der Waals surface area contributed by atoms with Gasteiger partial charge in [0.15, 0.2) is 0 Å². The minimum absolute atomic E-state index is 0.216. The fraction of sp³-hybridized carbons (Fsp3) is 0.450. The number of aliphatic hydroxyl groups excluding tert-OH is 1. The first-order valence-corrected chi connectivity index (χ1v) is 10.2. The molecule has 2 heterocycles. The van der Waals surface area contributed by atoms with Crippen LogP contribution in [-0.4, -0.2) is 41.8 Å². The average molecular weight is 372 g/mol. The van der Waals surface area contributed by atoms with E-state index in [-0.39, 0.29) is 18.1 Å². The molecule has 0 spiro atoms. The molecule has 0 bridgehead atoms. The Hall–Kier alpha value is -1.89. The maximum Gasteiger partial charge on any atom is 0.315 e. The predicted octanol–water partition coefficient (Wildman–Crippen LogP) is 2.84. The van der Waals surface area contributed by atoms with Crippen molar-refractivity contribution in [2.75, 3.05) is 19.6 Å². The number of urea groups is 1. The molecule has 138 valence electrons. The Morgan fingerprint density at radius 3 is 2.81 bits per heavy atom. The van der Waals surface area contributed by atoms with Gasteiger partial charge in [0.05, 0.1) is 18.2 Å². The van der Waals surface area contributed by atoms with Crippen LogP contribution in [0.4, 0.5) is 4.79 Å². The molecule has 1 saturated heterocycles. The van der Waals surface area contributed by atoms with Crippen LogP contribution >= 0.6 is 11.3 Å². The van der Waals surface area contributed by atoms with Crippen molar-refractivity contribution in [1.29, 1.82) is 0 Å². The minimum atomic E-state index is -0.565. The summed E-state index contributed by atoms with van der Waals surface area (Å²) in [5.41, 5.74) is 2.13. The second-order valence-electron chi connectivity index (χ2n) is 7.08. The molecule has 3 N–H and O–H groups in total. The molecular weight excluding hydrogens is 346 g/mol. The van der Waals surface area contributed by atoms with Gasteiger partial charge in [0.1, 0.15) is 0 Å². The number of nitrogens with one attached hydrogen (secondary N) is 2. The first-order valence-electron chi connectivity index (χ1n) is 9.30. The van der Waals surface area contributed by atoms with E-state index in [0.717, 1.165) is 24.2 Å². The molecule has 2 amide bonds. The Kier molecular flexibility index (Phi) is 5.24. The van der Waals surface area contributed by atoms with Crippen LogP contribution in [0.15, 0.2) is 41.8 Å². The lowest BCUT2D eigenvalue weighted by molar-refractivity contribution is 0.141. The number of carbonyl (C=O) groups excluding carboxylic acids is 1. The van der Waals surface area contributed by atoms with Crippen LogP contribution in [0.25, 0.3) is 0 Å². The molecule has 26 heavy (non-hydrogen) atoms. The zero-order valence-electron chi connectivity index (χ0n) is 14.7. The van der Waals surface area contributed by atoms with Crippen LogP contribution in [0.1, 0.15) is 40.9 Å². The summed E-state index contributed by atoms with van der Waals surface area (Å²) < 4.78 is 0. The average Bonchev–Trinajstić information content (AvgIpc) is 3.38. The van der Waals surface area contributed by atoms with E-state index in [1.165, 1.54) is 17.7 Å². The molecule has 3 atom stereocenters. The van der Waals surface area contributed by atoms with Crippen LogP contribution in [0.5, 0.6) is 0 Å². The van der Waals surface area contributed by atoms with E-state index in [4.69, 9.17) is 0 Å². The maximum atomic E-state index is 12.5. The molecule has 1 aromatic carbocycles. The lowest BCUT2D eigenvalue weighted by Crippen LogP contribution is -2.44. The van der Waals surface area contributed by atoms with Crippen molar-refractivity contribution in [3.63, 3.8) is 0 Å². The smallest absolute Gasteiger partial charge is 0.315 e. The number of thiophene rings is 1. The minimum Gasteiger partial charge on any atom is -0.390 e. The van der Waals surface area contributed by atoms with Crippen molar-refractivity contribution in [2.24, 2.45) is 0 Å². The molecule has 1 fully saturated rings. The number of rotatable bonds is 5. The summed E-state index contributed by atoms with van der Waals surface area (Å²) in [5, 5.41) is 18.4. The molecular formula is C20H25N3O2S. The highest BCUT2D eigenvalue weighted by Crippen LogP contribution is 2.31. The Balaban J connectivity index is 1.38. The van der Waals surface area contributed by atoms with E-state index in [0.29, 0.717) is 13.0 Å². The van der Waals surface area contributed by atoms with Gasteiger partial charge in [-0.1, -0.05) is 30.3 Å². The van der Waals surface area contributed by atoms with E-state index < -0.39 is 6.10 Å². The topological polar surface area (TPSA) is 64.6 Å². The van der Waals surface area contributed by atoms with Crippen LogP contribution in [0.2, 0.25) is 0 Å². The summed E-state index contributed by atoms with van der Waals surface area (Å²) in [4.78, 5) is 16.2. The van der Waals surface area contributed by atoms with Gasteiger partial charge in [-0.2, -0.15) is 0 Å². The van der Waals surface area contributed by atoms with Crippen LogP contribution in [0.3, 0.4) is 0 Å².